The SMILES string of the molecule is CCOc1cc(/C=c2/sc3n(c2=O)[C@@H](c2cccc([N+](=O)[O-])c2)C2=C(N=3)c3ccccc3CC2)cc(I)c1O. The van der Waals surface area contributed by atoms with Crippen LogP contribution in [-0.2, 0) is 6.42 Å². The minimum atomic E-state index is -0.509. The molecule has 4 aromatic rings. The number of thiazole rings is 1. The van der Waals surface area contributed by atoms with Gasteiger partial charge in [0.1, 0.15) is 0 Å². The third-order valence-corrected chi connectivity index (χ3v) is 8.72. The highest BCUT2D eigenvalue weighted by Crippen LogP contribution is 2.41. The number of rotatable bonds is 5. The molecule has 0 radical (unpaired) electrons. The van der Waals surface area contributed by atoms with Crippen molar-refractivity contribution in [2.45, 2.75) is 25.8 Å². The van der Waals surface area contributed by atoms with E-state index >= 15 is 0 Å². The van der Waals surface area contributed by atoms with E-state index in [9.17, 15) is 20.0 Å². The summed E-state index contributed by atoms with van der Waals surface area (Å²) in [6, 6.07) is 17.6. The van der Waals surface area contributed by atoms with E-state index in [0.717, 1.165) is 23.3 Å². The zero-order chi connectivity index (χ0) is 27.3. The summed E-state index contributed by atoms with van der Waals surface area (Å²) in [4.78, 5) is 30.7. The van der Waals surface area contributed by atoms with Crippen LogP contribution in [0.2, 0.25) is 0 Å². The minimum absolute atomic E-state index is 0.0212. The van der Waals surface area contributed by atoms with Crippen LogP contribution in [0.25, 0.3) is 11.8 Å². The molecule has 196 valence electrons. The Balaban J connectivity index is 1.60. The zero-order valence-electron chi connectivity index (χ0n) is 20.8. The van der Waals surface area contributed by atoms with Gasteiger partial charge < -0.3 is 9.84 Å². The lowest BCUT2D eigenvalue weighted by atomic mass is 9.83. The van der Waals surface area contributed by atoms with Crippen LogP contribution in [-0.4, -0.2) is 21.2 Å². The number of non-ortho nitro benzene ring substituents is 1. The first-order valence-corrected chi connectivity index (χ1v) is 14.3. The van der Waals surface area contributed by atoms with Gasteiger partial charge in [-0.3, -0.25) is 19.5 Å². The van der Waals surface area contributed by atoms with Crippen molar-refractivity contribution in [2.75, 3.05) is 6.61 Å². The average Bonchev–Trinajstić information content (AvgIpc) is 3.24. The van der Waals surface area contributed by atoms with Gasteiger partial charge in [-0.1, -0.05) is 47.7 Å². The number of phenols is 1. The molecule has 3 aromatic carbocycles. The van der Waals surface area contributed by atoms with Crippen molar-refractivity contribution in [1.82, 2.24) is 4.57 Å². The summed E-state index contributed by atoms with van der Waals surface area (Å²) in [6.07, 6.45) is 3.27. The molecule has 1 atom stereocenters. The van der Waals surface area contributed by atoms with E-state index < -0.39 is 11.0 Å². The molecule has 0 saturated carbocycles. The smallest absolute Gasteiger partial charge is 0.271 e. The maximum atomic E-state index is 13.9. The van der Waals surface area contributed by atoms with Crippen LogP contribution < -0.4 is 19.6 Å². The normalized spacial score (nSPS) is 16.3. The van der Waals surface area contributed by atoms with Crippen LogP contribution in [0.1, 0.15) is 41.6 Å². The Morgan fingerprint density at radius 2 is 2.03 bits per heavy atom. The molecule has 0 unspecified atom stereocenters. The van der Waals surface area contributed by atoms with E-state index in [1.54, 1.807) is 34.9 Å². The standard InChI is InChI=1S/C29H22IN3O5S/c1-2-38-23-13-16(12-22(30)27(23)34)14-24-28(35)32-26(18-7-5-8-19(15-18)33(36)37)21-11-10-17-6-3-4-9-20(17)25(21)31-29(32)39-24/h3-9,12-15,26,34H,2,10-11H2,1H3/b24-14+/t26-/m0/s1. The highest BCUT2D eigenvalue weighted by Gasteiger charge is 2.33. The molecule has 1 aliphatic carbocycles. The summed E-state index contributed by atoms with van der Waals surface area (Å²) in [7, 11) is 0. The highest BCUT2D eigenvalue weighted by atomic mass is 127. The maximum Gasteiger partial charge on any atom is 0.271 e. The maximum absolute atomic E-state index is 13.9. The summed E-state index contributed by atoms with van der Waals surface area (Å²) in [5, 5.41) is 22.0. The van der Waals surface area contributed by atoms with Crippen LogP contribution in [0.4, 0.5) is 5.69 Å². The predicted molar refractivity (Wildman–Crippen MR) is 158 cm³/mol. The molecule has 1 aromatic heterocycles. The Labute approximate surface area is 240 Å². The molecule has 0 bridgehead atoms. The van der Waals surface area contributed by atoms with Crippen molar-refractivity contribution in [1.29, 1.82) is 0 Å². The van der Waals surface area contributed by atoms with E-state index in [0.29, 0.717) is 42.8 Å². The third-order valence-electron chi connectivity index (χ3n) is 6.92. The quantitative estimate of drug-likeness (QED) is 0.187. The zero-order valence-corrected chi connectivity index (χ0v) is 23.7. The minimum Gasteiger partial charge on any atom is -0.504 e. The van der Waals surface area contributed by atoms with E-state index in [-0.39, 0.29) is 17.0 Å². The Kier molecular flexibility index (Phi) is 6.59. The fourth-order valence-corrected chi connectivity index (χ4v) is 6.85. The first-order valence-electron chi connectivity index (χ1n) is 12.4. The largest absolute Gasteiger partial charge is 0.504 e. The fraction of sp³-hybridized carbons (Fsp3) is 0.172. The van der Waals surface area contributed by atoms with E-state index in [1.807, 2.05) is 53.8 Å². The third kappa shape index (κ3) is 4.47. The number of hydrogen-bond donors (Lipinski definition) is 1. The van der Waals surface area contributed by atoms with Gasteiger partial charge in [0.2, 0.25) is 0 Å². The Hall–Kier alpha value is -3.77. The van der Waals surface area contributed by atoms with Gasteiger partial charge in [-0.25, -0.2) is 4.99 Å². The van der Waals surface area contributed by atoms with Crippen molar-refractivity contribution in [3.05, 3.63) is 122 Å². The first kappa shape index (κ1) is 25.5. The van der Waals surface area contributed by atoms with Gasteiger partial charge in [0.15, 0.2) is 16.3 Å². The van der Waals surface area contributed by atoms with Crippen LogP contribution in [0, 0.1) is 13.7 Å². The fourth-order valence-electron chi connectivity index (χ4n) is 5.22. The molecule has 1 aliphatic heterocycles. The number of nitrogens with zero attached hydrogens (tertiary/aromatic N) is 3. The van der Waals surface area contributed by atoms with Gasteiger partial charge >= 0.3 is 0 Å². The monoisotopic (exact) mass is 651 g/mol. The average molecular weight is 651 g/mol. The number of fused-ring (bicyclic) bond motifs is 3. The molecule has 2 heterocycles. The topological polar surface area (TPSA) is 107 Å². The van der Waals surface area contributed by atoms with Crippen LogP contribution >= 0.6 is 33.9 Å². The number of ether oxygens (including phenoxy) is 1. The summed E-state index contributed by atoms with van der Waals surface area (Å²) in [6.45, 7) is 2.23. The Bertz CT molecular complexity index is 1870. The molecule has 10 heteroatoms. The van der Waals surface area contributed by atoms with Crippen molar-refractivity contribution in [3.8, 4) is 11.5 Å². The van der Waals surface area contributed by atoms with Crippen molar-refractivity contribution < 1.29 is 14.8 Å². The number of nitro groups is 1. The van der Waals surface area contributed by atoms with Crippen LogP contribution in [0.3, 0.4) is 0 Å². The van der Waals surface area contributed by atoms with Gasteiger partial charge in [-0.15, -0.1) is 0 Å². The van der Waals surface area contributed by atoms with Gasteiger partial charge in [0.05, 0.1) is 31.4 Å². The molecule has 0 spiro atoms. The second kappa shape index (κ2) is 10.1. The Morgan fingerprint density at radius 3 is 2.82 bits per heavy atom. The van der Waals surface area contributed by atoms with Crippen LogP contribution in [0.5, 0.6) is 11.5 Å². The summed E-state index contributed by atoms with van der Waals surface area (Å²) >= 11 is 3.31. The summed E-state index contributed by atoms with van der Waals surface area (Å²) in [5.41, 5.74) is 5.18. The van der Waals surface area contributed by atoms with Crippen molar-refractivity contribution in [3.63, 3.8) is 0 Å². The van der Waals surface area contributed by atoms with Crippen molar-refractivity contribution in [2.24, 2.45) is 4.99 Å². The molecule has 1 N–H and O–H groups in total. The van der Waals surface area contributed by atoms with Gasteiger partial charge in [-0.2, -0.15) is 0 Å². The second-order valence-electron chi connectivity index (χ2n) is 9.25. The summed E-state index contributed by atoms with van der Waals surface area (Å²) in [5.74, 6) is 0.415. The molecule has 8 nitrogen and oxygen atoms in total. The lowest BCUT2D eigenvalue weighted by molar-refractivity contribution is -0.384. The predicted octanol–water partition coefficient (Wildman–Crippen LogP) is 4.94. The number of aryl methyl sites for hydroxylation is 1. The molecule has 0 fully saturated rings. The van der Waals surface area contributed by atoms with E-state index in [1.165, 1.54) is 23.0 Å². The number of aromatic nitrogens is 1. The summed E-state index contributed by atoms with van der Waals surface area (Å²) < 4.78 is 8.32. The molecule has 0 saturated heterocycles. The molecule has 39 heavy (non-hydrogen) atoms. The second-order valence-corrected chi connectivity index (χ2v) is 11.4. The Morgan fingerprint density at radius 1 is 1.21 bits per heavy atom. The lowest BCUT2D eigenvalue weighted by Gasteiger charge is -2.30. The molecule has 6 rings (SSSR count). The number of benzene rings is 3. The van der Waals surface area contributed by atoms with Crippen molar-refractivity contribution >= 4 is 51.4 Å². The van der Waals surface area contributed by atoms with Gasteiger partial charge in [0, 0.05) is 17.7 Å². The number of allylic oxidation sites excluding steroid dienone is 1. The number of aromatic hydroxyl groups is 1. The molecular formula is C29H22IN3O5S. The number of phenolic OH excluding ortho intramolecular Hbond substituents is 1. The number of halogens is 1. The molecular weight excluding hydrogens is 629 g/mol. The van der Waals surface area contributed by atoms with Gasteiger partial charge in [-0.05, 0) is 82.8 Å². The first-order chi connectivity index (χ1) is 18.9. The highest BCUT2D eigenvalue weighted by molar-refractivity contribution is 14.1. The van der Waals surface area contributed by atoms with E-state index in [4.69, 9.17) is 9.73 Å². The number of nitro benzene ring substituents is 1. The van der Waals surface area contributed by atoms with Crippen LogP contribution in [0.15, 0.2) is 76.0 Å². The molecule has 0 amide bonds. The van der Waals surface area contributed by atoms with E-state index in [2.05, 4.69) is 6.07 Å². The number of hydrogen-bond acceptors (Lipinski definition) is 7. The lowest BCUT2D eigenvalue weighted by Crippen LogP contribution is -2.38. The molecule has 2 aliphatic rings. The van der Waals surface area contributed by atoms with Gasteiger partial charge in [0.25, 0.3) is 11.2 Å².